The molecule has 2 rings (SSSR count). The van der Waals surface area contributed by atoms with Gasteiger partial charge in [0, 0.05) is 42.4 Å². The maximum absolute atomic E-state index is 12.8. The molecule has 0 bridgehead atoms. The van der Waals surface area contributed by atoms with Crippen LogP contribution in [0.2, 0.25) is 0 Å². The van der Waals surface area contributed by atoms with E-state index in [0.717, 1.165) is 0 Å². The third kappa shape index (κ3) is 7.75. The van der Waals surface area contributed by atoms with E-state index in [4.69, 9.17) is 10.8 Å². The molecule has 3 unspecified atom stereocenters. The summed E-state index contributed by atoms with van der Waals surface area (Å²) in [6, 6.07) is -3.12. The lowest BCUT2D eigenvalue weighted by Crippen LogP contribution is -2.57. The molecular weight excluding hydrogens is 428 g/mol. The zero-order valence-corrected chi connectivity index (χ0v) is 17.3. The van der Waals surface area contributed by atoms with Crippen LogP contribution in [0.3, 0.4) is 0 Å². The molecule has 2 aromatic rings. The Hall–Kier alpha value is -3.39. The number of H-pyrrole nitrogens is 2. The molecule has 0 aliphatic heterocycles. The van der Waals surface area contributed by atoms with Gasteiger partial charge in [0.1, 0.15) is 18.6 Å². The summed E-state index contributed by atoms with van der Waals surface area (Å²) >= 11 is 4.03. The lowest BCUT2D eigenvalue weighted by Gasteiger charge is -2.23. The molecule has 8 N–H and O–H groups in total. The van der Waals surface area contributed by atoms with Crippen LogP contribution in [-0.4, -0.2) is 79.2 Å². The second-order valence-electron chi connectivity index (χ2n) is 6.58. The van der Waals surface area contributed by atoms with E-state index in [9.17, 15) is 19.2 Å². The number of carboxylic acid groups (broad SMARTS) is 1. The number of hydrogen-bond donors (Lipinski definition) is 8. The highest BCUT2D eigenvalue weighted by Crippen LogP contribution is 2.03. The number of aromatic amines is 2. The molecule has 13 nitrogen and oxygen atoms in total. The Labute approximate surface area is 182 Å². The average molecular weight is 452 g/mol. The van der Waals surface area contributed by atoms with Crippen LogP contribution in [0.25, 0.3) is 0 Å². The lowest BCUT2D eigenvalue weighted by molar-refractivity contribution is -0.138. The number of nitrogens with two attached hydrogens (primary N) is 1. The van der Waals surface area contributed by atoms with Gasteiger partial charge in [0.25, 0.3) is 0 Å². The first-order valence-electron chi connectivity index (χ1n) is 9.21. The molecule has 168 valence electrons. The zero-order valence-electron chi connectivity index (χ0n) is 16.4. The topological polar surface area (TPSA) is 208 Å². The molecule has 3 amide bonds. The number of carbonyl (C=O) groups excluding carboxylic acids is 3. The summed E-state index contributed by atoms with van der Waals surface area (Å²) in [4.78, 5) is 61.5. The minimum absolute atomic E-state index is 0.0599. The van der Waals surface area contributed by atoms with E-state index >= 15 is 0 Å². The normalized spacial score (nSPS) is 13.6. The van der Waals surface area contributed by atoms with E-state index in [1.165, 1.54) is 25.0 Å². The Morgan fingerprint density at radius 2 is 1.55 bits per heavy atom. The van der Waals surface area contributed by atoms with Crippen LogP contribution >= 0.6 is 12.6 Å². The van der Waals surface area contributed by atoms with Crippen LogP contribution < -0.4 is 21.7 Å². The van der Waals surface area contributed by atoms with Crippen molar-refractivity contribution in [1.29, 1.82) is 0 Å². The van der Waals surface area contributed by atoms with Crippen LogP contribution in [-0.2, 0) is 32.0 Å². The van der Waals surface area contributed by atoms with E-state index in [2.05, 4.69) is 48.5 Å². The highest BCUT2D eigenvalue weighted by atomic mass is 32.1. The first kappa shape index (κ1) is 23.9. The fraction of sp³-hybridized carbons (Fsp3) is 0.412. The van der Waals surface area contributed by atoms with Crippen molar-refractivity contribution in [2.45, 2.75) is 31.0 Å². The van der Waals surface area contributed by atoms with E-state index in [1.807, 2.05) is 0 Å². The molecule has 0 aliphatic carbocycles. The van der Waals surface area contributed by atoms with Crippen molar-refractivity contribution in [3.05, 3.63) is 36.4 Å². The fourth-order valence-electron chi connectivity index (χ4n) is 2.58. The van der Waals surface area contributed by atoms with Crippen LogP contribution in [0.1, 0.15) is 11.4 Å². The number of aliphatic carboxylic acids is 1. The van der Waals surface area contributed by atoms with Gasteiger partial charge in [-0.15, -0.1) is 0 Å². The molecule has 0 fully saturated rings. The largest absolute Gasteiger partial charge is 0.480 e. The summed E-state index contributed by atoms with van der Waals surface area (Å²) in [5, 5.41) is 15.9. The Bertz CT molecular complexity index is 873. The molecule has 0 spiro atoms. The summed E-state index contributed by atoms with van der Waals surface area (Å²) in [6.07, 6.45) is 6.15. The summed E-state index contributed by atoms with van der Waals surface area (Å²) in [5.74, 6) is -3.27. The first-order valence-corrected chi connectivity index (χ1v) is 9.84. The Balaban J connectivity index is 2.05. The van der Waals surface area contributed by atoms with Crippen molar-refractivity contribution < 1.29 is 24.3 Å². The van der Waals surface area contributed by atoms with Gasteiger partial charge < -0.3 is 36.8 Å². The zero-order chi connectivity index (χ0) is 22.8. The van der Waals surface area contributed by atoms with Crippen LogP contribution in [0.4, 0.5) is 0 Å². The second kappa shape index (κ2) is 11.7. The third-order valence-corrected chi connectivity index (χ3v) is 4.54. The van der Waals surface area contributed by atoms with Crippen molar-refractivity contribution >= 4 is 36.3 Å². The Morgan fingerprint density at radius 3 is 2.06 bits per heavy atom. The highest BCUT2D eigenvalue weighted by Gasteiger charge is 2.28. The van der Waals surface area contributed by atoms with Gasteiger partial charge in [-0.05, 0) is 0 Å². The second-order valence-corrected chi connectivity index (χ2v) is 6.95. The maximum atomic E-state index is 12.8. The van der Waals surface area contributed by atoms with E-state index < -0.39 is 48.4 Å². The van der Waals surface area contributed by atoms with Gasteiger partial charge in [0.15, 0.2) is 0 Å². The molecule has 3 atom stereocenters. The number of nitrogens with one attached hydrogen (secondary N) is 5. The molecule has 14 heteroatoms. The van der Waals surface area contributed by atoms with Gasteiger partial charge in [0.05, 0.1) is 18.7 Å². The van der Waals surface area contributed by atoms with Gasteiger partial charge >= 0.3 is 5.97 Å². The van der Waals surface area contributed by atoms with Crippen molar-refractivity contribution in [3.63, 3.8) is 0 Å². The van der Waals surface area contributed by atoms with Gasteiger partial charge in [0.2, 0.25) is 17.7 Å². The average Bonchev–Trinajstić information content (AvgIpc) is 3.43. The summed E-state index contributed by atoms with van der Waals surface area (Å²) in [6.45, 7) is -0.601. The number of carboxylic acids is 1. The van der Waals surface area contributed by atoms with Crippen molar-refractivity contribution in [3.8, 4) is 0 Å². The number of carbonyl (C=O) groups is 4. The molecule has 31 heavy (non-hydrogen) atoms. The smallest absolute Gasteiger partial charge is 0.322 e. The number of imidazole rings is 2. The lowest BCUT2D eigenvalue weighted by atomic mass is 10.1. The minimum atomic E-state index is -1.23. The van der Waals surface area contributed by atoms with Gasteiger partial charge in [-0.1, -0.05) is 0 Å². The number of thiol groups is 1. The third-order valence-electron chi connectivity index (χ3n) is 4.17. The minimum Gasteiger partial charge on any atom is -0.480 e. The number of hydrogen-bond acceptors (Lipinski definition) is 8. The van der Waals surface area contributed by atoms with Gasteiger partial charge in [-0.2, -0.15) is 12.6 Å². The predicted molar refractivity (Wildman–Crippen MR) is 111 cm³/mol. The van der Waals surface area contributed by atoms with E-state index in [0.29, 0.717) is 11.4 Å². The maximum Gasteiger partial charge on any atom is 0.322 e. The molecule has 2 aromatic heterocycles. The van der Waals surface area contributed by atoms with Crippen LogP contribution in [0.5, 0.6) is 0 Å². The predicted octanol–water partition coefficient (Wildman–Crippen LogP) is -2.65. The number of nitrogens with zero attached hydrogens (tertiary/aromatic N) is 2. The molecule has 0 aromatic carbocycles. The first-order chi connectivity index (χ1) is 14.8. The van der Waals surface area contributed by atoms with Crippen molar-refractivity contribution in [2.24, 2.45) is 5.73 Å². The summed E-state index contributed by atoms with van der Waals surface area (Å²) in [7, 11) is 0. The quantitative estimate of drug-likeness (QED) is 0.159. The van der Waals surface area contributed by atoms with Crippen LogP contribution in [0.15, 0.2) is 25.0 Å². The summed E-state index contributed by atoms with van der Waals surface area (Å²) in [5.41, 5.74) is 7.15. The highest BCUT2D eigenvalue weighted by molar-refractivity contribution is 7.80. The van der Waals surface area contributed by atoms with Gasteiger partial charge in [-0.3, -0.25) is 19.2 Å². The standard InChI is InChI=1S/C17H24N8O5S/c18-11(1-9-3-19-7-22-9)15(28)24-12(2-10-4-20-8-23-10)17(30)25-13(6-31)16(29)21-5-14(26)27/h3-4,7-8,11-13,31H,1-2,5-6,18H2,(H,19,22)(H,20,23)(H,21,29)(H,24,28)(H,25,30)(H,26,27). The molecular formula is C17H24N8O5S. The number of rotatable bonds is 12. The van der Waals surface area contributed by atoms with Gasteiger partial charge in [-0.25, -0.2) is 9.97 Å². The fourth-order valence-corrected chi connectivity index (χ4v) is 2.84. The van der Waals surface area contributed by atoms with Crippen molar-refractivity contribution in [2.75, 3.05) is 12.3 Å². The Morgan fingerprint density at radius 1 is 0.968 bits per heavy atom. The molecule has 0 saturated heterocycles. The molecule has 2 heterocycles. The van der Waals surface area contributed by atoms with E-state index in [-0.39, 0.29) is 18.6 Å². The number of aromatic nitrogens is 4. The van der Waals surface area contributed by atoms with Crippen molar-refractivity contribution in [1.82, 2.24) is 35.9 Å². The molecule has 0 saturated carbocycles. The van der Waals surface area contributed by atoms with E-state index in [1.54, 1.807) is 0 Å². The Kier molecular flexibility index (Phi) is 9.02. The SMILES string of the molecule is NC(Cc1cnc[nH]1)C(=O)NC(Cc1cnc[nH]1)C(=O)NC(CS)C(=O)NCC(=O)O. The molecule has 0 radical (unpaired) electrons. The number of amides is 3. The summed E-state index contributed by atoms with van der Waals surface area (Å²) < 4.78 is 0. The molecule has 0 aliphatic rings. The van der Waals surface area contributed by atoms with Crippen LogP contribution in [0, 0.1) is 0 Å². The monoisotopic (exact) mass is 452 g/mol.